The molecule has 0 atom stereocenters. The van der Waals surface area contributed by atoms with Crippen LogP contribution in [-0.4, -0.2) is 19.8 Å². The zero-order chi connectivity index (χ0) is 14.7. The number of aromatic nitrogens is 4. The smallest absolute Gasteiger partial charge is 0.244 e. The summed E-state index contributed by atoms with van der Waals surface area (Å²) in [4.78, 5) is 12.3. The van der Waals surface area contributed by atoms with Crippen LogP contribution in [0.2, 0.25) is 0 Å². The van der Waals surface area contributed by atoms with Crippen LogP contribution >= 0.6 is 0 Å². The Morgan fingerprint density at radius 1 is 1.00 bits per heavy atom. The monoisotopic (exact) mass is 277 g/mol. The number of tetrazole rings is 1. The Balaban J connectivity index is 1.97. The molecule has 0 unspecified atom stereocenters. The van der Waals surface area contributed by atoms with Crippen LogP contribution in [0.15, 0.2) is 59.4 Å². The van der Waals surface area contributed by atoms with Gasteiger partial charge in [0, 0.05) is 0 Å². The Morgan fingerprint density at radius 2 is 1.71 bits per heavy atom. The number of para-hydroxylation sites is 1. The van der Waals surface area contributed by atoms with Crippen molar-refractivity contribution in [2.45, 2.75) is 6.54 Å². The van der Waals surface area contributed by atoms with Crippen LogP contribution in [0, 0.1) is 11.3 Å². The van der Waals surface area contributed by atoms with Crippen molar-refractivity contribution in [3.63, 3.8) is 0 Å². The van der Waals surface area contributed by atoms with Crippen LogP contribution in [-0.2, 0) is 6.54 Å². The summed E-state index contributed by atoms with van der Waals surface area (Å²) in [5.41, 5.74) is 1.58. The van der Waals surface area contributed by atoms with E-state index in [1.807, 2.05) is 24.3 Å². The molecule has 102 valence electrons. The fourth-order valence-corrected chi connectivity index (χ4v) is 2.03. The molecule has 6 nitrogen and oxygen atoms in total. The van der Waals surface area contributed by atoms with Gasteiger partial charge in [-0.3, -0.25) is 0 Å². The minimum absolute atomic E-state index is 0.218. The first-order chi connectivity index (χ1) is 10.3. The van der Waals surface area contributed by atoms with Gasteiger partial charge in [-0.05, 0) is 34.2 Å². The van der Waals surface area contributed by atoms with Gasteiger partial charge in [0.2, 0.25) is 0 Å². The van der Waals surface area contributed by atoms with Crippen LogP contribution in [0.1, 0.15) is 11.1 Å². The Bertz CT molecular complexity index is 858. The molecule has 0 aliphatic heterocycles. The van der Waals surface area contributed by atoms with Gasteiger partial charge in [-0.25, -0.2) is 4.79 Å². The highest BCUT2D eigenvalue weighted by molar-refractivity contribution is 5.37. The van der Waals surface area contributed by atoms with Crippen molar-refractivity contribution in [1.29, 1.82) is 5.26 Å². The van der Waals surface area contributed by atoms with Crippen molar-refractivity contribution in [3.05, 3.63) is 76.2 Å². The zero-order valence-corrected chi connectivity index (χ0v) is 11.0. The maximum atomic E-state index is 12.3. The molecule has 1 heterocycles. The van der Waals surface area contributed by atoms with Gasteiger partial charge >= 0.3 is 5.69 Å². The van der Waals surface area contributed by atoms with Gasteiger partial charge in [0.1, 0.15) is 0 Å². The van der Waals surface area contributed by atoms with Gasteiger partial charge < -0.3 is 0 Å². The summed E-state index contributed by atoms with van der Waals surface area (Å²) in [5, 5.41) is 16.8. The van der Waals surface area contributed by atoms with Crippen LogP contribution in [0.5, 0.6) is 0 Å². The second kappa shape index (κ2) is 5.43. The molecule has 0 radical (unpaired) electrons. The van der Waals surface area contributed by atoms with Crippen molar-refractivity contribution < 1.29 is 0 Å². The van der Waals surface area contributed by atoms with Gasteiger partial charge in [0.25, 0.3) is 0 Å². The normalized spacial score (nSPS) is 10.2. The van der Waals surface area contributed by atoms with Crippen LogP contribution in [0.4, 0.5) is 0 Å². The molecule has 0 saturated heterocycles. The fraction of sp³-hybridized carbons (Fsp3) is 0.0667. The molecule has 0 saturated carbocycles. The molecule has 0 spiro atoms. The number of rotatable bonds is 3. The topological polar surface area (TPSA) is 76.5 Å². The average molecular weight is 277 g/mol. The Labute approximate surface area is 120 Å². The quantitative estimate of drug-likeness (QED) is 0.724. The van der Waals surface area contributed by atoms with Gasteiger partial charge in [-0.2, -0.15) is 14.6 Å². The molecule has 0 aliphatic rings. The van der Waals surface area contributed by atoms with E-state index in [0.29, 0.717) is 11.3 Å². The van der Waals surface area contributed by atoms with E-state index in [4.69, 9.17) is 5.26 Å². The lowest BCUT2D eigenvalue weighted by Gasteiger charge is -2.01. The SMILES string of the molecule is N#Cc1ccccc1Cn1nnn(-c2ccccc2)c1=O. The van der Waals surface area contributed by atoms with E-state index in [-0.39, 0.29) is 12.2 Å². The minimum atomic E-state index is -0.339. The molecule has 2 aromatic carbocycles. The van der Waals surface area contributed by atoms with Gasteiger partial charge in [0.05, 0.1) is 23.9 Å². The maximum Gasteiger partial charge on any atom is 0.368 e. The lowest BCUT2D eigenvalue weighted by molar-refractivity contribution is 0.631. The van der Waals surface area contributed by atoms with E-state index in [1.54, 1.807) is 30.3 Å². The Morgan fingerprint density at radius 3 is 2.48 bits per heavy atom. The predicted octanol–water partition coefficient (Wildman–Crippen LogP) is 1.35. The van der Waals surface area contributed by atoms with E-state index in [1.165, 1.54) is 9.36 Å². The molecule has 0 aliphatic carbocycles. The third-order valence-electron chi connectivity index (χ3n) is 3.10. The molecular weight excluding hydrogens is 266 g/mol. The summed E-state index contributed by atoms with van der Waals surface area (Å²) >= 11 is 0. The van der Waals surface area contributed by atoms with Crippen LogP contribution in [0.3, 0.4) is 0 Å². The zero-order valence-electron chi connectivity index (χ0n) is 11.0. The van der Waals surface area contributed by atoms with Crippen LogP contribution in [0.25, 0.3) is 5.69 Å². The average Bonchev–Trinajstić information content (AvgIpc) is 2.90. The summed E-state index contributed by atoms with van der Waals surface area (Å²) in [6.45, 7) is 0.218. The lowest BCUT2D eigenvalue weighted by atomic mass is 10.1. The lowest BCUT2D eigenvalue weighted by Crippen LogP contribution is -2.25. The number of hydrogen-bond donors (Lipinski definition) is 0. The first kappa shape index (κ1) is 12.8. The Kier molecular flexibility index (Phi) is 3.31. The van der Waals surface area contributed by atoms with Crippen molar-refractivity contribution in [3.8, 4) is 11.8 Å². The largest absolute Gasteiger partial charge is 0.368 e. The van der Waals surface area contributed by atoms with Gasteiger partial charge in [-0.15, -0.1) is 0 Å². The maximum absolute atomic E-state index is 12.3. The molecule has 21 heavy (non-hydrogen) atoms. The fourth-order valence-electron chi connectivity index (χ4n) is 2.03. The van der Waals surface area contributed by atoms with E-state index >= 15 is 0 Å². The van der Waals surface area contributed by atoms with Crippen molar-refractivity contribution in [2.75, 3.05) is 0 Å². The first-order valence-corrected chi connectivity index (χ1v) is 6.36. The molecule has 6 heteroatoms. The second-order valence-corrected chi connectivity index (χ2v) is 4.44. The van der Waals surface area contributed by atoms with Crippen molar-refractivity contribution in [2.24, 2.45) is 0 Å². The predicted molar refractivity (Wildman–Crippen MR) is 75.9 cm³/mol. The van der Waals surface area contributed by atoms with E-state index in [2.05, 4.69) is 16.5 Å². The first-order valence-electron chi connectivity index (χ1n) is 6.36. The standard InChI is InChI=1S/C15H11N5O/c16-10-12-6-4-5-7-13(12)11-19-15(21)20(18-17-19)14-8-2-1-3-9-14/h1-9H,11H2. The summed E-state index contributed by atoms with van der Waals surface area (Å²) in [6.07, 6.45) is 0. The highest BCUT2D eigenvalue weighted by Crippen LogP contribution is 2.08. The van der Waals surface area contributed by atoms with Crippen LogP contribution < -0.4 is 5.69 Å². The van der Waals surface area contributed by atoms with Gasteiger partial charge in [0.15, 0.2) is 0 Å². The molecule has 0 bridgehead atoms. The molecular formula is C15H11N5O. The number of hydrogen-bond acceptors (Lipinski definition) is 4. The number of nitriles is 1. The molecule has 0 amide bonds. The highest BCUT2D eigenvalue weighted by Gasteiger charge is 2.10. The summed E-state index contributed by atoms with van der Waals surface area (Å²) in [6, 6.07) is 18.3. The molecule has 1 aromatic heterocycles. The Hall–Kier alpha value is -3.20. The number of benzene rings is 2. The number of nitrogens with zero attached hydrogens (tertiary/aromatic N) is 5. The second-order valence-electron chi connectivity index (χ2n) is 4.44. The third-order valence-corrected chi connectivity index (χ3v) is 3.10. The van der Waals surface area contributed by atoms with E-state index < -0.39 is 0 Å². The van der Waals surface area contributed by atoms with E-state index in [0.717, 1.165) is 5.56 Å². The minimum Gasteiger partial charge on any atom is -0.244 e. The third kappa shape index (κ3) is 2.44. The van der Waals surface area contributed by atoms with E-state index in [9.17, 15) is 4.79 Å². The summed E-state index contributed by atoms with van der Waals surface area (Å²) < 4.78 is 2.47. The summed E-state index contributed by atoms with van der Waals surface area (Å²) in [7, 11) is 0. The molecule has 0 N–H and O–H groups in total. The van der Waals surface area contributed by atoms with Crippen molar-refractivity contribution in [1.82, 2.24) is 19.8 Å². The molecule has 3 aromatic rings. The highest BCUT2D eigenvalue weighted by atomic mass is 16.2. The molecule has 0 fully saturated rings. The summed E-state index contributed by atoms with van der Waals surface area (Å²) in [5.74, 6) is 0. The van der Waals surface area contributed by atoms with Crippen molar-refractivity contribution >= 4 is 0 Å². The molecule has 3 rings (SSSR count). The van der Waals surface area contributed by atoms with Gasteiger partial charge in [-0.1, -0.05) is 36.4 Å².